The van der Waals surface area contributed by atoms with Crippen LogP contribution in [-0.2, 0) is 4.79 Å². The van der Waals surface area contributed by atoms with E-state index in [0.717, 1.165) is 12.8 Å². The molecule has 2 aliphatic heterocycles. The van der Waals surface area contributed by atoms with Gasteiger partial charge in [0.1, 0.15) is 6.54 Å². The zero-order chi connectivity index (χ0) is 15.7. The Balaban J connectivity index is 1.73. The number of fused-ring (bicyclic) bond motifs is 1. The van der Waals surface area contributed by atoms with Crippen LogP contribution in [-0.4, -0.2) is 46.9 Å². The number of carbonyl (C=O) groups is 2. The third-order valence-corrected chi connectivity index (χ3v) is 4.43. The number of rotatable bonds is 2. The molecule has 2 aliphatic rings. The van der Waals surface area contributed by atoms with Crippen LogP contribution >= 0.6 is 0 Å². The van der Waals surface area contributed by atoms with E-state index < -0.39 is 0 Å². The highest BCUT2D eigenvalue weighted by molar-refractivity contribution is 5.86. The van der Waals surface area contributed by atoms with Crippen molar-refractivity contribution in [3.63, 3.8) is 0 Å². The van der Waals surface area contributed by atoms with Crippen molar-refractivity contribution >= 4 is 11.9 Å². The lowest BCUT2D eigenvalue weighted by atomic mass is 10.0. The van der Waals surface area contributed by atoms with Gasteiger partial charge in [0, 0.05) is 12.6 Å². The van der Waals surface area contributed by atoms with Gasteiger partial charge in [-0.1, -0.05) is 30.3 Å². The van der Waals surface area contributed by atoms with Gasteiger partial charge in [0.25, 0.3) is 0 Å². The Morgan fingerprint density at radius 2 is 1.95 bits per heavy atom. The van der Waals surface area contributed by atoms with Gasteiger partial charge in [0.15, 0.2) is 0 Å². The second-order valence-electron chi connectivity index (χ2n) is 6.44. The van der Waals surface area contributed by atoms with E-state index in [1.807, 2.05) is 36.9 Å². The molecular formula is C17H23N3O2. The first-order valence-electron chi connectivity index (χ1n) is 7.98. The molecule has 0 aromatic heterocycles. The molecule has 5 nitrogen and oxygen atoms in total. The van der Waals surface area contributed by atoms with Crippen LogP contribution in [0.4, 0.5) is 4.79 Å². The smallest absolute Gasteiger partial charge is 0.318 e. The second kappa shape index (κ2) is 5.99. The van der Waals surface area contributed by atoms with E-state index in [1.54, 1.807) is 4.90 Å². The maximum Gasteiger partial charge on any atom is 0.318 e. The highest BCUT2D eigenvalue weighted by Crippen LogP contribution is 2.38. The Bertz CT molecular complexity index is 558. The molecule has 5 heteroatoms. The summed E-state index contributed by atoms with van der Waals surface area (Å²) < 4.78 is 0. The highest BCUT2D eigenvalue weighted by Gasteiger charge is 2.43. The molecule has 1 N–H and O–H groups in total. The molecule has 2 unspecified atom stereocenters. The number of carbonyl (C=O) groups excluding carboxylic acids is 2. The Hall–Kier alpha value is -2.04. The number of hydrogen-bond donors (Lipinski definition) is 1. The summed E-state index contributed by atoms with van der Waals surface area (Å²) in [7, 11) is 0. The summed E-state index contributed by atoms with van der Waals surface area (Å²) in [5.74, 6) is 0.0570. The lowest BCUT2D eigenvalue weighted by Gasteiger charge is -2.40. The fourth-order valence-electron chi connectivity index (χ4n) is 3.50. The summed E-state index contributed by atoms with van der Waals surface area (Å²) in [5, 5.41) is 2.87. The lowest BCUT2D eigenvalue weighted by molar-refractivity contribution is -0.138. The van der Waals surface area contributed by atoms with E-state index >= 15 is 0 Å². The number of benzene rings is 1. The van der Waals surface area contributed by atoms with Crippen molar-refractivity contribution in [1.82, 2.24) is 15.1 Å². The summed E-state index contributed by atoms with van der Waals surface area (Å²) in [5.41, 5.74) is 1.19. The predicted octanol–water partition coefficient (Wildman–Crippen LogP) is 2.15. The molecule has 0 saturated carbocycles. The molecule has 2 fully saturated rings. The Labute approximate surface area is 131 Å². The summed E-state index contributed by atoms with van der Waals surface area (Å²) in [4.78, 5) is 28.3. The van der Waals surface area contributed by atoms with Crippen molar-refractivity contribution in [2.45, 2.75) is 44.8 Å². The summed E-state index contributed by atoms with van der Waals surface area (Å²) in [6.45, 7) is 4.67. The van der Waals surface area contributed by atoms with Crippen molar-refractivity contribution in [2.75, 3.05) is 13.1 Å². The van der Waals surface area contributed by atoms with Crippen molar-refractivity contribution in [1.29, 1.82) is 0 Å². The zero-order valence-corrected chi connectivity index (χ0v) is 13.2. The van der Waals surface area contributed by atoms with E-state index in [1.165, 1.54) is 5.56 Å². The van der Waals surface area contributed by atoms with E-state index in [9.17, 15) is 9.59 Å². The highest BCUT2D eigenvalue weighted by atomic mass is 16.2. The molecule has 3 amide bonds. The molecule has 22 heavy (non-hydrogen) atoms. The van der Waals surface area contributed by atoms with Gasteiger partial charge in [-0.2, -0.15) is 0 Å². The first kappa shape index (κ1) is 14.9. The zero-order valence-electron chi connectivity index (χ0n) is 13.2. The normalized spacial score (nSPS) is 24.6. The van der Waals surface area contributed by atoms with Crippen LogP contribution in [0.2, 0.25) is 0 Å². The fourth-order valence-corrected chi connectivity index (χ4v) is 3.50. The van der Waals surface area contributed by atoms with Gasteiger partial charge in [0.05, 0.1) is 12.1 Å². The quantitative estimate of drug-likeness (QED) is 0.910. The SMILES string of the molecule is CC(C)NC(=O)N1CC(=O)N2C(CCC2c2ccccc2)C1. The van der Waals surface area contributed by atoms with Crippen LogP contribution in [0.1, 0.15) is 38.3 Å². The summed E-state index contributed by atoms with van der Waals surface area (Å²) in [6, 6.07) is 10.4. The summed E-state index contributed by atoms with van der Waals surface area (Å²) in [6.07, 6.45) is 1.93. The van der Waals surface area contributed by atoms with Gasteiger partial charge in [-0.25, -0.2) is 4.79 Å². The monoisotopic (exact) mass is 301 g/mol. The third-order valence-electron chi connectivity index (χ3n) is 4.43. The number of nitrogens with one attached hydrogen (secondary N) is 1. The van der Waals surface area contributed by atoms with Crippen LogP contribution in [0.5, 0.6) is 0 Å². The molecule has 0 spiro atoms. The van der Waals surface area contributed by atoms with Gasteiger partial charge in [0.2, 0.25) is 5.91 Å². The van der Waals surface area contributed by atoms with Gasteiger partial charge in [-0.05, 0) is 32.3 Å². The Kier molecular flexibility index (Phi) is 4.05. The van der Waals surface area contributed by atoms with Crippen molar-refractivity contribution in [3.8, 4) is 0 Å². The predicted molar refractivity (Wildman–Crippen MR) is 84.3 cm³/mol. The maximum atomic E-state index is 12.6. The van der Waals surface area contributed by atoms with Crippen LogP contribution < -0.4 is 5.32 Å². The molecule has 3 rings (SSSR count). The number of nitrogens with zero attached hydrogens (tertiary/aromatic N) is 2. The van der Waals surface area contributed by atoms with E-state index in [2.05, 4.69) is 17.4 Å². The number of urea groups is 1. The topological polar surface area (TPSA) is 52.7 Å². The van der Waals surface area contributed by atoms with Gasteiger partial charge >= 0.3 is 6.03 Å². The molecule has 0 bridgehead atoms. The van der Waals surface area contributed by atoms with Gasteiger partial charge < -0.3 is 15.1 Å². The third kappa shape index (κ3) is 2.80. The van der Waals surface area contributed by atoms with Gasteiger partial charge in [-0.3, -0.25) is 4.79 Å². The molecule has 0 aliphatic carbocycles. The minimum absolute atomic E-state index is 0.0570. The van der Waals surface area contributed by atoms with Gasteiger partial charge in [-0.15, -0.1) is 0 Å². The van der Waals surface area contributed by atoms with Crippen LogP contribution in [0, 0.1) is 0 Å². The average Bonchev–Trinajstić information content (AvgIpc) is 2.92. The molecule has 1 aromatic carbocycles. The fraction of sp³-hybridized carbons (Fsp3) is 0.529. The second-order valence-corrected chi connectivity index (χ2v) is 6.44. The first-order valence-corrected chi connectivity index (χ1v) is 7.98. The largest absolute Gasteiger partial charge is 0.336 e. The molecule has 1 aromatic rings. The van der Waals surface area contributed by atoms with Crippen molar-refractivity contribution in [2.24, 2.45) is 0 Å². The molecule has 2 heterocycles. The average molecular weight is 301 g/mol. The minimum atomic E-state index is -0.133. The number of amides is 3. The van der Waals surface area contributed by atoms with E-state index in [4.69, 9.17) is 0 Å². The molecule has 0 radical (unpaired) electrons. The molecular weight excluding hydrogens is 278 g/mol. The molecule has 2 atom stereocenters. The standard InChI is InChI=1S/C17H23N3O2/c1-12(2)18-17(22)19-10-14-8-9-15(20(14)16(21)11-19)13-6-4-3-5-7-13/h3-7,12,14-15H,8-11H2,1-2H3,(H,18,22). The van der Waals surface area contributed by atoms with Crippen molar-refractivity contribution < 1.29 is 9.59 Å². The number of piperazine rings is 1. The Morgan fingerprint density at radius 1 is 1.23 bits per heavy atom. The van der Waals surface area contributed by atoms with Crippen molar-refractivity contribution in [3.05, 3.63) is 35.9 Å². The minimum Gasteiger partial charge on any atom is -0.336 e. The molecule has 118 valence electrons. The van der Waals surface area contributed by atoms with Crippen LogP contribution in [0.25, 0.3) is 0 Å². The van der Waals surface area contributed by atoms with E-state index in [0.29, 0.717) is 6.54 Å². The Morgan fingerprint density at radius 3 is 2.64 bits per heavy atom. The lowest BCUT2D eigenvalue weighted by Crippen LogP contribution is -2.58. The summed E-state index contributed by atoms with van der Waals surface area (Å²) >= 11 is 0. The maximum absolute atomic E-state index is 12.6. The first-order chi connectivity index (χ1) is 10.6. The van der Waals surface area contributed by atoms with Crippen LogP contribution in [0.15, 0.2) is 30.3 Å². The van der Waals surface area contributed by atoms with Crippen LogP contribution in [0.3, 0.4) is 0 Å². The van der Waals surface area contributed by atoms with E-state index in [-0.39, 0.29) is 36.6 Å². The molecule has 2 saturated heterocycles. The number of hydrogen-bond acceptors (Lipinski definition) is 2.